The number of nitrogens with zero attached hydrogens (tertiary/aromatic N) is 3. The molecule has 1 N–H and O–H groups in total. The number of ether oxygens (including phenoxy) is 1. The van der Waals surface area contributed by atoms with Crippen molar-refractivity contribution in [1.29, 1.82) is 0 Å². The van der Waals surface area contributed by atoms with Crippen molar-refractivity contribution in [3.63, 3.8) is 0 Å². The van der Waals surface area contributed by atoms with Crippen LogP contribution in [0.15, 0.2) is 58.8 Å². The Morgan fingerprint density at radius 2 is 1.35 bits per heavy atom. The van der Waals surface area contributed by atoms with Crippen LogP contribution in [0, 0.1) is 0 Å². The molecule has 0 fully saturated rings. The first-order valence-electron chi connectivity index (χ1n) is 13.3. The molecule has 0 bridgehead atoms. The highest BCUT2D eigenvalue weighted by Crippen LogP contribution is 2.46. The van der Waals surface area contributed by atoms with Gasteiger partial charge in [0.1, 0.15) is 18.9 Å². The van der Waals surface area contributed by atoms with Crippen molar-refractivity contribution in [2.45, 2.75) is 57.0 Å². The van der Waals surface area contributed by atoms with Gasteiger partial charge >= 0.3 is 18.0 Å². The standard InChI is InChI=1S/C28H38F7N4O/c1-4-5-6-7-8-22-9-11-23(12-10-22)37-38-24-13-15-25(16-14-24)40-20-19-39(2,3)18-17-36-21-26(29,30)27(31,32)28(33,34)35/h9-16,36H,4-8,17-21H2,1-3H3/q+1. The summed E-state index contributed by atoms with van der Waals surface area (Å²) in [5, 5.41) is 10.5. The molecule has 0 unspecified atom stereocenters. The number of nitrogens with one attached hydrogen (secondary N) is 1. The van der Waals surface area contributed by atoms with Gasteiger partial charge in [0.2, 0.25) is 0 Å². The van der Waals surface area contributed by atoms with Crippen LogP contribution in [0.4, 0.5) is 42.1 Å². The molecule has 0 saturated carbocycles. The summed E-state index contributed by atoms with van der Waals surface area (Å²) >= 11 is 0. The van der Waals surface area contributed by atoms with E-state index in [-0.39, 0.29) is 24.2 Å². The molecule has 0 radical (unpaired) electrons. The van der Waals surface area contributed by atoms with E-state index >= 15 is 0 Å². The van der Waals surface area contributed by atoms with Crippen molar-refractivity contribution in [2.24, 2.45) is 10.2 Å². The average Bonchev–Trinajstić information content (AvgIpc) is 2.88. The fourth-order valence-electron chi connectivity index (χ4n) is 3.68. The van der Waals surface area contributed by atoms with Crippen LogP contribution in [0.1, 0.15) is 38.2 Å². The van der Waals surface area contributed by atoms with Crippen LogP contribution in [-0.2, 0) is 6.42 Å². The number of quaternary nitrogens is 1. The number of halogens is 7. The second-order valence-corrected chi connectivity index (χ2v) is 10.4. The summed E-state index contributed by atoms with van der Waals surface area (Å²) in [6.07, 6.45) is -0.396. The van der Waals surface area contributed by atoms with Gasteiger partial charge in [0.15, 0.2) is 0 Å². The second-order valence-electron chi connectivity index (χ2n) is 10.4. The smallest absolute Gasteiger partial charge is 0.459 e. The number of hydrogen-bond acceptors (Lipinski definition) is 4. The molecule has 0 atom stereocenters. The van der Waals surface area contributed by atoms with E-state index in [1.165, 1.54) is 31.2 Å². The predicted octanol–water partition coefficient (Wildman–Crippen LogP) is 8.10. The van der Waals surface area contributed by atoms with E-state index in [1.807, 2.05) is 17.4 Å². The molecule has 0 aromatic heterocycles. The van der Waals surface area contributed by atoms with Gasteiger partial charge < -0.3 is 14.5 Å². The summed E-state index contributed by atoms with van der Waals surface area (Å²) in [4.78, 5) is 0. The normalized spacial score (nSPS) is 13.2. The lowest BCUT2D eigenvalue weighted by Crippen LogP contribution is -2.57. The van der Waals surface area contributed by atoms with Crippen molar-refractivity contribution in [1.82, 2.24) is 5.32 Å². The summed E-state index contributed by atoms with van der Waals surface area (Å²) in [6, 6.07) is 15.0. The maximum atomic E-state index is 13.4. The van der Waals surface area contributed by atoms with E-state index in [2.05, 4.69) is 29.3 Å². The van der Waals surface area contributed by atoms with E-state index in [0.29, 0.717) is 18.0 Å². The molecule has 0 amide bonds. The number of rotatable bonds is 17. The van der Waals surface area contributed by atoms with Crippen LogP contribution in [-0.4, -0.2) is 69.4 Å². The van der Waals surface area contributed by atoms with Gasteiger partial charge in [0.25, 0.3) is 0 Å². The zero-order chi connectivity index (χ0) is 29.9. The number of azo groups is 1. The monoisotopic (exact) mass is 579 g/mol. The van der Waals surface area contributed by atoms with Crippen LogP contribution >= 0.6 is 0 Å². The number of unbranched alkanes of at least 4 members (excludes halogenated alkanes) is 3. The zero-order valence-electron chi connectivity index (χ0n) is 23.1. The van der Waals surface area contributed by atoms with E-state index in [1.54, 1.807) is 38.4 Å². The third kappa shape index (κ3) is 10.7. The van der Waals surface area contributed by atoms with E-state index < -0.39 is 24.6 Å². The Bertz CT molecular complexity index is 1040. The summed E-state index contributed by atoms with van der Waals surface area (Å²) in [5.74, 6) is -10.8. The molecule has 5 nitrogen and oxygen atoms in total. The Balaban J connectivity index is 1.73. The molecule has 12 heteroatoms. The van der Waals surface area contributed by atoms with Crippen LogP contribution < -0.4 is 10.1 Å². The van der Waals surface area contributed by atoms with Gasteiger partial charge in [0, 0.05) is 6.54 Å². The first-order valence-corrected chi connectivity index (χ1v) is 13.3. The van der Waals surface area contributed by atoms with Crippen molar-refractivity contribution < 1.29 is 40.0 Å². The van der Waals surface area contributed by atoms with Gasteiger partial charge in [-0.2, -0.15) is 41.0 Å². The highest BCUT2D eigenvalue weighted by Gasteiger charge is 2.72. The molecule has 0 aliphatic carbocycles. The van der Waals surface area contributed by atoms with Gasteiger partial charge in [0.05, 0.1) is 38.6 Å². The first-order chi connectivity index (χ1) is 18.7. The molecule has 40 heavy (non-hydrogen) atoms. The minimum absolute atomic E-state index is 0.183. The van der Waals surface area contributed by atoms with Crippen LogP contribution in [0.3, 0.4) is 0 Å². The molecule has 0 saturated heterocycles. The minimum atomic E-state index is -6.33. The molecule has 2 rings (SSSR count). The first kappa shape index (κ1) is 33.5. The summed E-state index contributed by atoms with van der Waals surface area (Å²) < 4.78 is 95.3. The highest BCUT2D eigenvalue weighted by atomic mass is 19.4. The molecule has 0 heterocycles. The Kier molecular flexibility index (Phi) is 12.4. The van der Waals surface area contributed by atoms with Gasteiger partial charge in [-0.3, -0.25) is 0 Å². The summed E-state index contributed by atoms with van der Waals surface area (Å²) in [7, 11) is 3.52. The lowest BCUT2D eigenvalue weighted by molar-refractivity contribution is -0.889. The van der Waals surface area contributed by atoms with Gasteiger partial charge in [-0.25, -0.2) is 0 Å². The number of hydrogen-bond donors (Lipinski definition) is 1. The largest absolute Gasteiger partial charge is 0.488 e. The molecule has 0 aliphatic heterocycles. The molecule has 0 aliphatic rings. The van der Waals surface area contributed by atoms with Crippen molar-refractivity contribution in [3.8, 4) is 5.75 Å². The van der Waals surface area contributed by atoms with Gasteiger partial charge in [-0.15, -0.1) is 0 Å². The Labute approximate surface area is 231 Å². The number of likely N-dealkylation sites (N-methyl/N-ethyl adjacent to an activating group) is 1. The molecule has 224 valence electrons. The van der Waals surface area contributed by atoms with Crippen molar-refractivity contribution in [2.75, 3.05) is 46.9 Å². The molecular formula is C28H38F7N4O+. The lowest BCUT2D eigenvalue weighted by Gasteiger charge is -2.31. The zero-order valence-corrected chi connectivity index (χ0v) is 23.1. The third-order valence-corrected chi connectivity index (χ3v) is 6.39. The molecule has 2 aromatic carbocycles. The van der Waals surface area contributed by atoms with Crippen LogP contribution in [0.5, 0.6) is 5.75 Å². The highest BCUT2D eigenvalue weighted by molar-refractivity contribution is 5.43. The summed E-state index contributed by atoms with van der Waals surface area (Å²) in [6.45, 7) is 1.13. The van der Waals surface area contributed by atoms with E-state index in [9.17, 15) is 30.7 Å². The third-order valence-electron chi connectivity index (χ3n) is 6.39. The number of alkyl halides is 7. The topological polar surface area (TPSA) is 46.0 Å². The maximum absolute atomic E-state index is 13.4. The van der Waals surface area contributed by atoms with Crippen LogP contribution in [0.25, 0.3) is 0 Å². The lowest BCUT2D eigenvalue weighted by atomic mass is 10.1. The fourth-order valence-corrected chi connectivity index (χ4v) is 3.68. The molecule has 0 spiro atoms. The molecular weight excluding hydrogens is 541 g/mol. The van der Waals surface area contributed by atoms with Gasteiger partial charge in [-0.1, -0.05) is 38.3 Å². The quantitative estimate of drug-likeness (QED) is 0.0891. The van der Waals surface area contributed by atoms with Crippen LogP contribution in [0.2, 0.25) is 0 Å². The SMILES string of the molecule is CCCCCCc1ccc(N=Nc2ccc(OCC[N+](C)(C)CCNCC(F)(F)C(F)(F)C(F)(F)F)cc2)cc1. The van der Waals surface area contributed by atoms with E-state index in [4.69, 9.17) is 4.74 Å². The maximum Gasteiger partial charge on any atom is 0.459 e. The number of benzene rings is 2. The second kappa shape index (κ2) is 14.8. The summed E-state index contributed by atoms with van der Waals surface area (Å²) in [5.41, 5.74) is 2.68. The molecule has 2 aromatic rings. The minimum Gasteiger partial charge on any atom is -0.488 e. The van der Waals surface area contributed by atoms with E-state index in [0.717, 1.165) is 12.1 Å². The van der Waals surface area contributed by atoms with Crippen molar-refractivity contribution in [3.05, 3.63) is 54.1 Å². The Morgan fingerprint density at radius 3 is 1.90 bits per heavy atom. The average molecular weight is 580 g/mol. The van der Waals surface area contributed by atoms with Crippen molar-refractivity contribution >= 4 is 11.4 Å². The van der Waals surface area contributed by atoms with Gasteiger partial charge in [-0.05, 0) is 54.8 Å². The Morgan fingerprint density at radius 1 is 0.775 bits per heavy atom. The number of aryl methyl sites for hydroxylation is 1. The fraction of sp³-hybridized carbons (Fsp3) is 0.571. The predicted molar refractivity (Wildman–Crippen MR) is 141 cm³/mol. The Hall–Kier alpha value is -2.73.